The van der Waals surface area contributed by atoms with Gasteiger partial charge in [-0.15, -0.1) is 6.58 Å². The summed E-state index contributed by atoms with van der Waals surface area (Å²) in [6.07, 6.45) is 9.85. The fourth-order valence-corrected chi connectivity index (χ4v) is 8.21. The molecule has 2 aromatic rings. The average molecular weight is 707 g/mol. The average Bonchev–Trinajstić information content (AvgIpc) is 3.14. The fraction of sp³-hybridized carbons (Fsp3) is 0.500. The van der Waals surface area contributed by atoms with Crippen LogP contribution in [0.5, 0.6) is 11.5 Å². The summed E-state index contributed by atoms with van der Waals surface area (Å²) < 4.78 is 39.4. The maximum Gasteiger partial charge on any atom is 0.410 e. The molecule has 276 valence electrons. The van der Waals surface area contributed by atoms with E-state index in [0.717, 1.165) is 36.8 Å². The summed E-state index contributed by atoms with van der Waals surface area (Å²) in [6, 6.07) is 11.0. The first-order valence-corrected chi connectivity index (χ1v) is 17.8. The number of allylic oxidation sites excluding steroid dienone is 1. The third kappa shape index (κ3) is 8.16. The van der Waals surface area contributed by atoms with E-state index in [9.17, 15) is 19.4 Å². The zero-order valence-electron chi connectivity index (χ0n) is 29.7. The minimum absolute atomic E-state index is 0.0687. The van der Waals surface area contributed by atoms with Gasteiger partial charge in [0.2, 0.25) is 5.79 Å². The molecule has 0 bridgehead atoms. The molecule has 0 radical (unpaired) electrons. The largest absolute Gasteiger partial charge is 0.490 e. The van der Waals surface area contributed by atoms with Gasteiger partial charge in [0.15, 0.2) is 0 Å². The lowest BCUT2D eigenvalue weighted by Gasteiger charge is -2.59. The number of methoxy groups -OCH3 is 1. The minimum Gasteiger partial charge on any atom is -0.490 e. The van der Waals surface area contributed by atoms with Crippen molar-refractivity contribution in [1.29, 1.82) is 0 Å². The van der Waals surface area contributed by atoms with Gasteiger partial charge in [-0.05, 0) is 79.0 Å². The van der Waals surface area contributed by atoms with Crippen LogP contribution in [0.25, 0.3) is 0 Å². The van der Waals surface area contributed by atoms with E-state index in [1.54, 1.807) is 29.2 Å². The number of nitrogens with zero attached hydrogens (tertiary/aromatic N) is 2. The van der Waals surface area contributed by atoms with Crippen LogP contribution in [0.1, 0.15) is 62.0 Å². The Bertz CT molecular complexity index is 1560. The maximum absolute atomic E-state index is 14.0. The number of benzene rings is 2. The molecule has 2 aromatic carbocycles. The number of halogens is 1. The smallest absolute Gasteiger partial charge is 0.410 e. The Kier molecular flexibility index (Phi) is 13.3. The number of amides is 1. The normalized spacial score (nSPS) is 25.5. The second-order valence-corrected chi connectivity index (χ2v) is 13.3. The van der Waals surface area contributed by atoms with Crippen molar-refractivity contribution in [3.8, 4) is 11.5 Å². The molecule has 11 heteroatoms. The maximum atomic E-state index is 14.0. The van der Waals surface area contributed by atoms with Gasteiger partial charge in [0.05, 0.1) is 25.3 Å². The van der Waals surface area contributed by atoms with E-state index >= 15 is 0 Å². The van der Waals surface area contributed by atoms with Crippen LogP contribution in [0.2, 0.25) is 0 Å². The summed E-state index contributed by atoms with van der Waals surface area (Å²) in [5.74, 6) is -1.04. The van der Waals surface area contributed by atoms with Crippen molar-refractivity contribution < 1.29 is 43.2 Å². The third-order valence-corrected chi connectivity index (χ3v) is 10.3. The molecule has 1 heterocycles. The van der Waals surface area contributed by atoms with Gasteiger partial charge in [-0.1, -0.05) is 54.9 Å². The topological polar surface area (TPSA) is 119 Å². The van der Waals surface area contributed by atoms with Gasteiger partial charge < -0.3 is 34.0 Å². The first kappa shape index (κ1) is 38.1. The molecule has 2 aliphatic carbocycles. The molecule has 6 unspecified atom stereocenters. The van der Waals surface area contributed by atoms with Crippen LogP contribution >= 0.6 is 0 Å². The minimum atomic E-state index is -1.44. The van der Waals surface area contributed by atoms with E-state index < -0.39 is 23.8 Å². The third-order valence-electron chi connectivity index (χ3n) is 10.3. The highest BCUT2D eigenvalue weighted by Crippen LogP contribution is 2.62. The van der Waals surface area contributed by atoms with Crippen molar-refractivity contribution in [2.24, 2.45) is 22.9 Å². The highest BCUT2D eigenvalue weighted by Gasteiger charge is 2.65. The number of aliphatic hydroxyl groups is 2. The zero-order chi connectivity index (χ0) is 36.4. The molecular formula is C40H51FN2O8. The molecule has 0 spiro atoms. The summed E-state index contributed by atoms with van der Waals surface area (Å²) in [4.78, 5) is 20.9. The van der Waals surface area contributed by atoms with Crippen LogP contribution < -0.4 is 9.47 Å². The Morgan fingerprint density at radius 2 is 1.76 bits per heavy atom. The molecule has 51 heavy (non-hydrogen) atoms. The second-order valence-electron chi connectivity index (χ2n) is 13.3. The van der Waals surface area contributed by atoms with Crippen LogP contribution in [-0.4, -0.2) is 79.4 Å². The molecule has 3 aliphatic rings. The highest BCUT2D eigenvalue weighted by atomic mass is 19.1. The van der Waals surface area contributed by atoms with E-state index in [1.165, 1.54) is 26.4 Å². The molecular weight excluding hydrogens is 655 g/mol. The van der Waals surface area contributed by atoms with Crippen LogP contribution in [0, 0.1) is 23.6 Å². The summed E-state index contributed by atoms with van der Waals surface area (Å²) >= 11 is 0. The molecule has 1 fully saturated rings. The first-order valence-electron chi connectivity index (χ1n) is 17.8. The monoisotopic (exact) mass is 706 g/mol. The molecule has 6 atom stereocenters. The molecule has 10 nitrogen and oxygen atoms in total. The summed E-state index contributed by atoms with van der Waals surface area (Å²) in [6.45, 7) is 8.50. The Balaban J connectivity index is 1.77. The predicted molar refractivity (Wildman–Crippen MR) is 192 cm³/mol. The van der Waals surface area contributed by atoms with Crippen LogP contribution in [0.4, 0.5) is 9.18 Å². The van der Waals surface area contributed by atoms with Gasteiger partial charge in [-0.2, -0.15) is 0 Å². The lowest BCUT2D eigenvalue weighted by atomic mass is 9.55. The summed E-state index contributed by atoms with van der Waals surface area (Å²) in [5, 5.41) is 24.1. The lowest BCUT2D eigenvalue weighted by Crippen LogP contribution is -2.70. The summed E-state index contributed by atoms with van der Waals surface area (Å²) in [5.41, 5.74) is 3.23. The molecule has 1 amide bonds. The van der Waals surface area contributed by atoms with Crippen molar-refractivity contribution in [1.82, 2.24) is 4.90 Å². The second kappa shape index (κ2) is 17.8. The number of rotatable bonds is 18. The van der Waals surface area contributed by atoms with E-state index in [4.69, 9.17) is 23.8 Å². The molecule has 2 N–H and O–H groups in total. The number of fused-ring (bicyclic) bond motifs is 2. The van der Waals surface area contributed by atoms with E-state index in [2.05, 4.69) is 24.4 Å². The van der Waals surface area contributed by atoms with Gasteiger partial charge >= 0.3 is 6.09 Å². The fourth-order valence-electron chi connectivity index (χ4n) is 8.21. The van der Waals surface area contributed by atoms with Crippen LogP contribution in [0.15, 0.2) is 84.6 Å². The van der Waals surface area contributed by atoms with Crippen molar-refractivity contribution >= 4 is 11.8 Å². The van der Waals surface area contributed by atoms with Gasteiger partial charge in [0.1, 0.15) is 37.1 Å². The number of unbranched alkanes of at least 4 members (excludes halogenated alkanes) is 2. The molecule has 0 aromatic heterocycles. The van der Waals surface area contributed by atoms with Gasteiger partial charge in [-0.25, -0.2) is 9.18 Å². The predicted octanol–water partition coefficient (Wildman–Crippen LogP) is 6.92. The number of hydrogen-bond donors (Lipinski definition) is 2. The molecule has 1 saturated carbocycles. The molecule has 5 rings (SSSR count). The van der Waals surface area contributed by atoms with Crippen LogP contribution in [0.3, 0.4) is 0 Å². The lowest BCUT2D eigenvalue weighted by molar-refractivity contribution is -0.256. The number of oxime groups is 1. The van der Waals surface area contributed by atoms with Crippen LogP contribution in [-0.2, 0) is 20.9 Å². The number of carbonyl (C=O) groups excluding carboxylic acids is 1. The van der Waals surface area contributed by atoms with Crippen molar-refractivity contribution in [2.75, 3.05) is 40.6 Å². The van der Waals surface area contributed by atoms with Crippen molar-refractivity contribution in [2.45, 2.75) is 69.2 Å². The van der Waals surface area contributed by atoms with Gasteiger partial charge in [0, 0.05) is 37.7 Å². The van der Waals surface area contributed by atoms with E-state index in [0.29, 0.717) is 42.2 Å². The van der Waals surface area contributed by atoms with E-state index in [-0.39, 0.29) is 56.4 Å². The summed E-state index contributed by atoms with van der Waals surface area (Å²) in [7, 11) is 2.83. The quantitative estimate of drug-likeness (QED) is 0.0975. The molecule has 1 aliphatic heterocycles. The number of ether oxygens (including phenoxy) is 4. The highest BCUT2D eigenvalue weighted by molar-refractivity contribution is 6.02. The van der Waals surface area contributed by atoms with Crippen molar-refractivity contribution in [3.63, 3.8) is 0 Å². The Morgan fingerprint density at radius 1 is 1.04 bits per heavy atom. The number of hydrogen-bond acceptors (Lipinski definition) is 9. The SMILES string of the molecule is C=CCOc1ccc2c(c1)C1C(CCCCO)C(CCCCO)C=C3C(=NOC)CC(N(Cc4ccc(F)cc4)C(=O)OC)C(OCC=C)(O2)C31. The Morgan fingerprint density at radius 3 is 2.43 bits per heavy atom. The standard InChI is InChI=1S/C40H51FN2O8/c1-5-21-49-30-17-18-35-33(24-30)37-31(12-8-10-20-45)28(11-7-9-19-44)23-32-34(42-48-4)25-36(40(51-35,38(32)37)50-22-6-2)43(39(46)47-3)26-27-13-15-29(41)16-14-27/h5-6,13-18,23-24,28,31,36-38,44-45H,1-2,7-12,19-22,25-26H2,3-4H3. The first-order chi connectivity index (χ1) is 24.8. The van der Waals surface area contributed by atoms with Gasteiger partial charge in [-0.3, -0.25) is 4.90 Å². The Hall–Kier alpha value is -4.19. The van der Waals surface area contributed by atoms with E-state index in [1.807, 2.05) is 18.2 Å². The van der Waals surface area contributed by atoms with Crippen molar-refractivity contribution in [3.05, 3.63) is 96.4 Å². The van der Waals surface area contributed by atoms with Gasteiger partial charge in [0.25, 0.3) is 0 Å². The Labute approximate surface area is 300 Å². The number of carbonyl (C=O) groups is 1. The molecule has 0 saturated heterocycles. The zero-order valence-corrected chi connectivity index (χ0v) is 29.7. The number of aliphatic hydroxyl groups excluding tert-OH is 2.